The molecule has 0 radical (unpaired) electrons. The molecular formula is C20H16ClNO3. The number of hydrogen-bond acceptors (Lipinski definition) is 4. The van der Waals surface area contributed by atoms with Crippen LogP contribution in [0, 0.1) is 0 Å². The van der Waals surface area contributed by atoms with E-state index in [9.17, 15) is 0 Å². The molecule has 3 aromatic carbocycles. The third-order valence-electron chi connectivity index (χ3n) is 3.86. The van der Waals surface area contributed by atoms with Crippen LogP contribution in [0.4, 0.5) is 5.69 Å². The maximum Gasteiger partial charge on any atom is 0.231 e. The van der Waals surface area contributed by atoms with Crippen LogP contribution in [0.3, 0.4) is 0 Å². The fraction of sp³-hybridized carbons (Fsp3) is 0.100. The number of benzene rings is 3. The Morgan fingerprint density at radius 1 is 0.880 bits per heavy atom. The van der Waals surface area contributed by atoms with Crippen molar-refractivity contribution in [2.24, 2.45) is 0 Å². The van der Waals surface area contributed by atoms with E-state index in [1.165, 1.54) is 0 Å². The quantitative estimate of drug-likeness (QED) is 0.660. The first kappa shape index (κ1) is 15.7. The van der Waals surface area contributed by atoms with E-state index in [0.717, 1.165) is 34.2 Å². The zero-order valence-corrected chi connectivity index (χ0v) is 14.1. The van der Waals surface area contributed by atoms with E-state index in [1.54, 1.807) is 12.1 Å². The number of anilines is 1. The molecule has 0 unspecified atom stereocenters. The maximum atomic E-state index is 5.88. The largest absolute Gasteiger partial charge is 0.457 e. The molecule has 1 N–H and O–H groups in total. The smallest absolute Gasteiger partial charge is 0.231 e. The van der Waals surface area contributed by atoms with Gasteiger partial charge in [-0.25, -0.2) is 0 Å². The Hall–Kier alpha value is -2.85. The standard InChI is InChI=1S/C20H16ClNO3/c21-15-4-8-17(9-5-15)25-18-10-6-16(7-11-18)22-12-14-2-1-3-19-20(14)24-13-23-19/h1-11,22H,12-13H2. The molecule has 0 fully saturated rings. The van der Waals surface area contributed by atoms with Crippen molar-refractivity contribution >= 4 is 17.3 Å². The van der Waals surface area contributed by atoms with Crippen LogP contribution >= 0.6 is 11.6 Å². The Bertz CT molecular complexity index is 863. The summed E-state index contributed by atoms with van der Waals surface area (Å²) in [6.07, 6.45) is 0. The van der Waals surface area contributed by atoms with Crippen molar-refractivity contribution in [2.45, 2.75) is 6.54 Å². The molecule has 0 bridgehead atoms. The molecule has 0 aromatic heterocycles. The summed E-state index contributed by atoms with van der Waals surface area (Å²) in [6, 6.07) is 21.0. The lowest BCUT2D eigenvalue weighted by atomic mass is 10.2. The molecule has 0 saturated carbocycles. The fourth-order valence-electron chi connectivity index (χ4n) is 2.61. The highest BCUT2D eigenvalue weighted by Gasteiger charge is 2.16. The first-order valence-corrected chi connectivity index (χ1v) is 8.30. The van der Waals surface area contributed by atoms with Crippen LogP contribution in [0.2, 0.25) is 5.02 Å². The lowest BCUT2D eigenvalue weighted by Crippen LogP contribution is -2.01. The summed E-state index contributed by atoms with van der Waals surface area (Å²) < 4.78 is 16.7. The Morgan fingerprint density at radius 2 is 1.60 bits per heavy atom. The average Bonchev–Trinajstić information content (AvgIpc) is 3.12. The van der Waals surface area contributed by atoms with E-state index in [0.29, 0.717) is 11.6 Å². The summed E-state index contributed by atoms with van der Waals surface area (Å²) in [5.74, 6) is 3.14. The molecule has 1 aliphatic rings. The third-order valence-corrected chi connectivity index (χ3v) is 4.12. The van der Waals surface area contributed by atoms with Crippen LogP contribution < -0.4 is 19.5 Å². The van der Waals surface area contributed by atoms with Crippen molar-refractivity contribution < 1.29 is 14.2 Å². The van der Waals surface area contributed by atoms with Crippen LogP contribution in [-0.2, 0) is 6.54 Å². The second kappa shape index (κ2) is 6.95. The Balaban J connectivity index is 1.39. The molecule has 0 aliphatic carbocycles. The second-order valence-corrected chi connectivity index (χ2v) is 6.02. The third kappa shape index (κ3) is 3.64. The lowest BCUT2D eigenvalue weighted by molar-refractivity contribution is 0.173. The van der Waals surface area contributed by atoms with E-state index in [-0.39, 0.29) is 6.79 Å². The van der Waals surface area contributed by atoms with Gasteiger partial charge in [0.25, 0.3) is 0 Å². The minimum atomic E-state index is 0.281. The van der Waals surface area contributed by atoms with Crippen molar-refractivity contribution in [2.75, 3.05) is 12.1 Å². The fourth-order valence-corrected chi connectivity index (χ4v) is 2.73. The summed E-state index contributed by atoms with van der Waals surface area (Å²) in [5, 5.41) is 4.07. The molecule has 1 heterocycles. The number of halogens is 1. The summed E-state index contributed by atoms with van der Waals surface area (Å²) in [5.41, 5.74) is 2.07. The van der Waals surface area contributed by atoms with Crippen molar-refractivity contribution in [3.05, 3.63) is 77.3 Å². The van der Waals surface area contributed by atoms with Gasteiger partial charge in [-0.05, 0) is 54.6 Å². The zero-order valence-electron chi connectivity index (χ0n) is 13.4. The Kier molecular flexibility index (Phi) is 4.36. The molecule has 0 spiro atoms. The van der Waals surface area contributed by atoms with Crippen LogP contribution in [0.15, 0.2) is 66.7 Å². The molecule has 5 heteroatoms. The molecule has 126 valence electrons. The monoisotopic (exact) mass is 353 g/mol. The van der Waals surface area contributed by atoms with E-state index >= 15 is 0 Å². The number of para-hydroxylation sites is 1. The predicted molar refractivity (Wildman–Crippen MR) is 97.9 cm³/mol. The molecule has 0 atom stereocenters. The minimum Gasteiger partial charge on any atom is -0.457 e. The van der Waals surface area contributed by atoms with Gasteiger partial charge in [0.1, 0.15) is 11.5 Å². The molecule has 4 rings (SSSR count). The highest BCUT2D eigenvalue weighted by molar-refractivity contribution is 6.30. The van der Waals surface area contributed by atoms with Crippen LogP contribution in [0.5, 0.6) is 23.0 Å². The number of rotatable bonds is 5. The van der Waals surface area contributed by atoms with Crippen molar-refractivity contribution in [3.8, 4) is 23.0 Å². The highest BCUT2D eigenvalue weighted by Crippen LogP contribution is 2.35. The summed E-state index contributed by atoms with van der Waals surface area (Å²) in [7, 11) is 0. The van der Waals surface area contributed by atoms with E-state index in [1.807, 2.05) is 54.6 Å². The normalized spacial score (nSPS) is 12.0. The molecule has 3 aromatic rings. The van der Waals surface area contributed by atoms with Crippen LogP contribution in [0.25, 0.3) is 0 Å². The van der Waals surface area contributed by atoms with Gasteiger partial charge < -0.3 is 19.5 Å². The average molecular weight is 354 g/mol. The molecule has 4 nitrogen and oxygen atoms in total. The summed E-state index contributed by atoms with van der Waals surface area (Å²) in [4.78, 5) is 0. The van der Waals surface area contributed by atoms with E-state index in [2.05, 4.69) is 5.32 Å². The summed E-state index contributed by atoms with van der Waals surface area (Å²) in [6.45, 7) is 0.938. The van der Waals surface area contributed by atoms with E-state index < -0.39 is 0 Å². The van der Waals surface area contributed by atoms with Gasteiger partial charge in [0.15, 0.2) is 11.5 Å². The topological polar surface area (TPSA) is 39.7 Å². The van der Waals surface area contributed by atoms with Crippen molar-refractivity contribution in [1.82, 2.24) is 0 Å². The molecule has 0 saturated heterocycles. The van der Waals surface area contributed by atoms with Gasteiger partial charge in [-0.15, -0.1) is 0 Å². The van der Waals surface area contributed by atoms with Gasteiger partial charge in [-0.1, -0.05) is 23.7 Å². The molecule has 25 heavy (non-hydrogen) atoms. The first-order chi connectivity index (χ1) is 12.3. The van der Waals surface area contributed by atoms with Crippen molar-refractivity contribution in [1.29, 1.82) is 0 Å². The summed E-state index contributed by atoms with van der Waals surface area (Å²) >= 11 is 5.88. The SMILES string of the molecule is Clc1ccc(Oc2ccc(NCc3cccc4c3OCO4)cc2)cc1. The van der Waals surface area contributed by atoms with E-state index in [4.69, 9.17) is 25.8 Å². The Labute approximate surface area is 150 Å². The first-order valence-electron chi connectivity index (χ1n) is 7.93. The van der Waals surface area contributed by atoms with Crippen LogP contribution in [-0.4, -0.2) is 6.79 Å². The molecule has 1 aliphatic heterocycles. The molecule has 0 amide bonds. The van der Waals surface area contributed by atoms with Gasteiger partial charge in [-0.2, -0.15) is 0 Å². The maximum absolute atomic E-state index is 5.88. The van der Waals surface area contributed by atoms with Gasteiger partial charge in [-0.3, -0.25) is 0 Å². The Morgan fingerprint density at radius 3 is 2.36 bits per heavy atom. The predicted octanol–water partition coefficient (Wildman–Crippen LogP) is 5.47. The van der Waals surface area contributed by atoms with Gasteiger partial charge in [0, 0.05) is 22.8 Å². The highest BCUT2D eigenvalue weighted by atomic mass is 35.5. The number of fused-ring (bicyclic) bond motifs is 1. The zero-order chi connectivity index (χ0) is 17.1. The minimum absolute atomic E-state index is 0.281. The van der Waals surface area contributed by atoms with Crippen LogP contribution in [0.1, 0.15) is 5.56 Å². The second-order valence-electron chi connectivity index (χ2n) is 5.58. The lowest BCUT2D eigenvalue weighted by Gasteiger charge is -2.10. The van der Waals surface area contributed by atoms with Gasteiger partial charge >= 0.3 is 0 Å². The number of nitrogens with one attached hydrogen (secondary N) is 1. The van der Waals surface area contributed by atoms with Gasteiger partial charge in [0.05, 0.1) is 0 Å². The molecular weight excluding hydrogens is 338 g/mol. The number of hydrogen-bond donors (Lipinski definition) is 1. The van der Waals surface area contributed by atoms with Gasteiger partial charge in [0.2, 0.25) is 6.79 Å². The number of ether oxygens (including phenoxy) is 3. The van der Waals surface area contributed by atoms with Crippen molar-refractivity contribution in [3.63, 3.8) is 0 Å².